The molecule has 0 saturated carbocycles. The van der Waals surface area contributed by atoms with Gasteiger partial charge in [0.1, 0.15) is 29.6 Å². The van der Waals surface area contributed by atoms with Crippen molar-refractivity contribution >= 4 is 34.1 Å². The second kappa shape index (κ2) is 10.5. The first-order valence-corrected chi connectivity index (χ1v) is 15.0. The van der Waals surface area contributed by atoms with Gasteiger partial charge in [-0.05, 0) is 63.7 Å². The van der Waals surface area contributed by atoms with E-state index in [0.717, 1.165) is 38.8 Å². The number of ether oxygens (including phenoxy) is 1. The first kappa shape index (κ1) is 29.6. The molecule has 8 nitrogen and oxygen atoms in total. The average Bonchev–Trinajstić information content (AvgIpc) is 3.62. The molecule has 4 aliphatic rings. The van der Waals surface area contributed by atoms with Crippen LogP contribution < -0.4 is 20.7 Å². The molecule has 4 aliphatic heterocycles. The van der Waals surface area contributed by atoms with Gasteiger partial charge in [-0.25, -0.2) is 18.2 Å². The van der Waals surface area contributed by atoms with Crippen LogP contribution >= 0.6 is 11.6 Å². The number of anilines is 2. The molecule has 3 aromatic rings. The van der Waals surface area contributed by atoms with Crippen LogP contribution in [0.2, 0.25) is 5.02 Å². The smallest absolute Gasteiger partial charge is 0.421 e. The molecule has 44 heavy (non-hydrogen) atoms. The standard InChI is InChI=1S/C29H30ClF6N7O/c30-18-9-17-20(10-16(18)23-22(29(34,35)36)19(31)11-21(37)39-23)38-26(44-14-27-4-1-7-43(27)8-2-5-27)40-24(17)42-12-15-3-6-28(13-42,41-15)25(32)33/h9-11,15,25,41H,1-8,12-14H2,(H2,37,39)/t15-,28?/m1/s1. The molecular formula is C29H30ClF6N7O. The van der Waals surface area contributed by atoms with Gasteiger partial charge in [0.05, 0.1) is 27.3 Å². The van der Waals surface area contributed by atoms with E-state index in [1.54, 1.807) is 4.90 Å². The van der Waals surface area contributed by atoms with Crippen molar-refractivity contribution < 1.29 is 31.1 Å². The van der Waals surface area contributed by atoms with Gasteiger partial charge < -0.3 is 20.7 Å². The van der Waals surface area contributed by atoms with Gasteiger partial charge in [-0.15, -0.1) is 0 Å². The summed E-state index contributed by atoms with van der Waals surface area (Å²) < 4.78 is 91.4. The molecule has 6 heterocycles. The van der Waals surface area contributed by atoms with Gasteiger partial charge in [-0.3, -0.25) is 4.90 Å². The molecule has 2 aromatic heterocycles. The first-order chi connectivity index (χ1) is 20.9. The summed E-state index contributed by atoms with van der Waals surface area (Å²) >= 11 is 6.56. The van der Waals surface area contributed by atoms with Crippen LogP contribution in [-0.4, -0.2) is 76.2 Å². The van der Waals surface area contributed by atoms with Crippen molar-refractivity contribution in [3.05, 3.63) is 34.6 Å². The van der Waals surface area contributed by atoms with E-state index in [0.29, 0.717) is 31.0 Å². The molecule has 2 atom stereocenters. The fraction of sp³-hybridized carbons (Fsp3) is 0.552. The maximum atomic E-state index is 14.6. The molecule has 0 amide bonds. The van der Waals surface area contributed by atoms with Crippen LogP contribution in [0.4, 0.5) is 38.0 Å². The number of alkyl halides is 5. The van der Waals surface area contributed by atoms with E-state index in [9.17, 15) is 26.3 Å². The molecule has 4 saturated heterocycles. The lowest BCUT2D eigenvalue weighted by atomic mass is 9.95. The van der Waals surface area contributed by atoms with Gasteiger partial charge >= 0.3 is 12.2 Å². The van der Waals surface area contributed by atoms with Crippen LogP contribution in [-0.2, 0) is 6.18 Å². The fourth-order valence-electron chi connectivity index (χ4n) is 7.57. The Bertz CT molecular complexity index is 1610. The summed E-state index contributed by atoms with van der Waals surface area (Å²) in [5, 5.41) is 3.21. The Morgan fingerprint density at radius 3 is 2.55 bits per heavy atom. The van der Waals surface area contributed by atoms with Crippen LogP contribution in [0.1, 0.15) is 44.1 Å². The van der Waals surface area contributed by atoms with Crippen molar-refractivity contribution in [2.45, 2.75) is 68.2 Å². The van der Waals surface area contributed by atoms with Gasteiger partial charge in [0.2, 0.25) is 0 Å². The van der Waals surface area contributed by atoms with E-state index in [1.165, 1.54) is 12.1 Å². The SMILES string of the molecule is Nc1cc(F)c(C(F)(F)F)c(-c2cc3nc(OCC45CCCN4CCC5)nc(N4C[C@H]5CCC(C(F)F)(C4)N5)c3cc2Cl)n1. The zero-order valence-corrected chi connectivity index (χ0v) is 24.3. The minimum absolute atomic E-state index is 0.0337. The van der Waals surface area contributed by atoms with Crippen LogP contribution in [0.3, 0.4) is 0 Å². The van der Waals surface area contributed by atoms with Crippen molar-refractivity contribution in [3.8, 4) is 17.3 Å². The highest BCUT2D eigenvalue weighted by atomic mass is 35.5. The highest BCUT2D eigenvalue weighted by Crippen LogP contribution is 2.44. The maximum absolute atomic E-state index is 14.6. The minimum atomic E-state index is -5.10. The van der Waals surface area contributed by atoms with Gasteiger partial charge in [-0.1, -0.05) is 11.6 Å². The number of nitrogens with two attached hydrogens (primary N) is 1. The summed E-state index contributed by atoms with van der Waals surface area (Å²) in [6.45, 7) is 2.57. The molecule has 0 spiro atoms. The second-order valence-corrected chi connectivity index (χ2v) is 12.8. The van der Waals surface area contributed by atoms with Gasteiger partial charge in [-0.2, -0.15) is 23.1 Å². The fourth-order valence-corrected chi connectivity index (χ4v) is 7.83. The zero-order valence-electron chi connectivity index (χ0n) is 23.5. The number of nitrogens with one attached hydrogen (secondary N) is 1. The molecule has 1 unspecified atom stereocenters. The molecule has 0 aliphatic carbocycles. The summed E-state index contributed by atoms with van der Waals surface area (Å²) in [5.41, 5.74) is 1.57. The summed E-state index contributed by atoms with van der Waals surface area (Å²) in [4.78, 5) is 17.2. The molecule has 1 aromatic carbocycles. The van der Waals surface area contributed by atoms with E-state index in [1.807, 2.05) is 0 Å². The third-order valence-corrected chi connectivity index (χ3v) is 9.93. The number of halogens is 7. The van der Waals surface area contributed by atoms with Crippen molar-refractivity contribution in [1.29, 1.82) is 0 Å². The van der Waals surface area contributed by atoms with Crippen molar-refractivity contribution in [3.63, 3.8) is 0 Å². The highest BCUT2D eigenvalue weighted by Gasteiger charge is 2.51. The van der Waals surface area contributed by atoms with Gasteiger partial charge in [0.25, 0.3) is 6.43 Å². The number of pyridine rings is 1. The number of fused-ring (bicyclic) bond motifs is 4. The second-order valence-electron chi connectivity index (χ2n) is 12.4. The molecule has 15 heteroatoms. The third-order valence-electron chi connectivity index (χ3n) is 9.62. The topological polar surface area (TPSA) is 92.4 Å². The van der Waals surface area contributed by atoms with Crippen LogP contribution in [0.25, 0.3) is 22.2 Å². The largest absolute Gasteiger partial charge is 0.461 e. The van der Waals surface area contributed by atoms with Crippen molar-refractivity contribution in [1.82, 2.24) is 25.2 Å². The molecule has 3 N–H and O–H groups in total. The third kappa shape index (κ3) is 4.89. The Hall–Kier alpha value is -3.10. The van der Waals surface area contributed by atoms with Crippen molar-refractivity contribution in [2.75, 3.05) is 43.4 Å². The van der Waals surface area contributed by atoms with E-state index in [2.05, 4.69) is 25.2 Å². The number of aromatic nitrogens is 3. The van der Waals surface area contributed by atoms with E-state index in [4.69, 9.17) is 22.1 Å². The highest BCUT2D eigenvalue weighted by molar-refractivity contribution is 6.34. The first-order valence-electron chi connectivity index (χ1n) is 14.6. The summed E-state index contributed by atoms with van der Waals surface area (Å²) in [6.07, 6.45) is -2.89. The molecular weight excluding hydrogens is 612 g/mol. The molecule has 4 fully saturated rings. The number of nitrogens with zero attached hydrogens (tertiary/aromatic N) is 5. The lowest BCUT2D eigenvalue weighted by molar-refractivity contribution is -0.139. The Balaban J connectivity index is 1.36. The summed E-state index contributed by atoms with van der Waals surface area (Å²) in [6, 6.07) is 2.89. The molecule has 236 valence electrons. The van der Waals surface area contributed by atoms with E-state index >= 15 is 0 Å². The van der Waals surface area contributed by atoms with Crippen molar-refractivity contribution in [2.24, 2.45) is 0 Å². The maximum Gasteiger partial charge on any atom is 0.421 e. The van der Waals surface area contributed by atoms with Gasteiger partial charge in [0, 0.05) is 36.1 Å². The van der Waals surface area contributed by atoms with Crippen LogP contribution in [0, 0.1) is 5.82 Å². The number of hydrogen-bond donors (Lipinski definition) is 2. The Morgan fingerprint density at radius 2 is 1.84 bits per heavy atom. The predicted octanol–water partition coefficient (Wildman–Crippen LogP) is 5.67. The van der Waals surface area contributed by atoms with Crippen LogP contribution in [0.5, 0.6) is 6.01 Å². The molecule has 0 radical (unpaired) electrons. The normalized spacial score (nSPS) is 24.9. The average molecular weight is 642 g/mol. The van der Waals surface area contributed by atoms with E-state index < -0.39 is 41.0 Å². The lowest BCUT2D eigenvalue weighted by Crippen LogP contribution is -2.63. The summed E-state index contributed by atoms with van der Waals surface area (Å²) in [7, 11) is 0. The number of benzene rings is 1. The Morgan fingerprint density at radius 1 is 1.09 bits per heavy atom. The minimum Gasteiger partial charge on any atom is -0.461 e. The molecule has 2 bridgehead atoms. The Labute approximate surface area is 253 Å². The number of nitrogen functional groups attached to an aromatic ring is 1. The number of piperazine rings is 1. The van der Waals surface area contributed by atoms with Gasteiger partial charge in [0.15, 0.2) is 0 Å². The number of rotatable bonds is 6. The quantitative estimate of drug-likeness (QED) is 0.333. The number of hydrogen-bond acceptors (Lipinski definition) is 8. The zero-order chi connectivity index (χ0) is 31.0. The monoisotopic (exact) mass is 641 g/mol. The Kier molecular flexibility index (Phi) is 7.05. The lowest BCUT2D eigenvalue weighted by Gasteiger charge is -2.41. The predicted molar refractivity (Wildman–Crippen MR) is 153 cm³/mol. The summed E-state index contributed by atoms with van der Waals surface area (Å²) in [5.74, 6) is -1.76. The molecule has 7 rings (SSSR count). The van der Waals surface area contributed by atoms with Crippen LogP contribution in [0.15, 0.2) is 18.2 Å². The van der Waals surface area contributed by atoms with E-state index in [-0.39, 0.29) is 52.5 Å².